The van der Waals surface area contributed by atoms with Crippen LogP contribution < -0.4 is 15.5 Å². The van der Waals surface area contributed by atoms with E-state index < -0.39 is 0 Å². The second-order valence-electron chi connectivity index (χ2n) is 7.85. The van der Waals surface area contributed by atoms with Gasteiger partial charge in [-0.05, 0) is 38.5 Å². The van der Waals surface area contributed by atoms with E-state index in [-0.39, 0.29) is 17.9 Å². The maximum atomic E-state index is 12.7. The van der Waals surface area contributed by atoms with Crippen LogP contribution in [0.5, 0.6) is 0 Å². The molecule has 2 saturated heterocycles. The Kier molecular flexibility index (Phi) is 4.98. The maximum Gasteiger partial charge on any atom is 0.227 e. The Morgan fingerprint density at radius 2 is 1.96 bits per heavy atom. The summed E-state index contributed by atoms with van der Waals surface area (Å²) in [6.45, 7) is 5.11. The van der Waals surface area contributed by atoms with Crippen molar-refractivity contribution in [2.45, 2.75) is 38.6 Å². The van der Waals surface area contributed by atoms with Crippen LogP contribution in [0.15, 0.2) is 6.07 Å². The summed E-state index contributed by atoms with van der Waals surface area (Å²) in [5.41, 5.74) is 0.956. The monoisotopic (exact) mass is 359 g/mol. The topological polar surface area (TPSA) is 79.4 Å². The van der Waals surface area contributed by atoms with E-state index in [4.69, 9.17) is 4.74 Å². The minimum atomic E-state index is 0.101. The summed E-state index contributed by atoms with van der Waals surface area (Å²) in [4.78, 5) is 24.2. The summed E-state index contributed by atoms with van der Waals surface area (Å²) in [7, 11) is 1.87. The number of amides is 1. The van der Waals surface area contributed by atoms with Crippen LogP contribution in [-0.4, -0.2) is 55.3 Å². The first-order valence-corrected chi connectivity index (χ1v) is 9.80. The van der Waals surface area contributed by atoms with Gasteiger partial charge in [0.25, 0.3) is 0 Å². The highest BCUT2D eigenvalue weighted by Crippen LogP contribution is 2.42. The number of hydrogen-bond donors (Lipinski definition) is 2. The van der Waals surface area contributed by atoms with Crippen LogP contribution in [0.3, 0.4) is 0 Å². The Labute approximate surface area is 154 Å². The lowest BCUT2D eigenvalue weighted by molar-refractivity contribution is -0.128. The Balaban J connectivity index is 1.46. The van der Waals surface area contributed by atoms with Gasteiger partial charge in [0.15, 0.2) is 0 Å². The summed E-state index contributed by atoms with van der Waals surface area (Å²) in [5.74, 6) is 3.14. The Morgan fingerprint density at radius 3 is 2.65 bits per heavy atom. The number of rotatable bonds is 5. The van der Waals surface area contributed by atoms with E-state index in [1.807, 2.05) is 20.0 Å². The molecule has 0 radical (unpaired) electrons. The first-order valence-electron chi connectivity index (χ1n) is 9.80. The van der Waals surface area contributed by atoms with Crippen LogP contribution in [0.4, 0.5) is 11.8 Å². The summed E-state index contributed by atoms with van der Waals surface area (Å²) in [5, 5.41) is 6.46. The van der Waals surface area contributed by atoms with Gasteiger partial charge >= 0.3 is 0 Å². The lowest BCUT2D eigenvalue weighted by Gasteiger charge is -2.25. The molecule has 1 amide bonds. The van der Waals surface area contributed by atoms with E-state index >= 15 is 0 Å². The van der Waals surface area contributed by atoms with E-state index in [0.717, 1.165) is 49.3 Å². The van der Waals surface area contributed by atoms with E-state index in [9.17, 15) is 4.79 Å². The van der Waals surface area contributed by atoms with Gasteiger partial charge in [-0.15, -0.1) is 0 Å². The van der Waals surface area contributed by atoms with Crippen molar-refractivity contribution >= 4 is 17.7 Å². The molecular formula is C19H29N5O2. The van der Waals surface area contributed by atoms with Gasteiger partial charge in [-0.3, -0.25) is 4.79 Å². The van der Waals surface area contributed by atoms with Crippen LogP contribution >= 0.6 is 0 Å². The van der Waals surface area contributed by atoms with E-state index in [1.165, 1.54) is 12.8 Å². The van der Waals surface area contributed by atoms with Gasteiger partial charge in [0.2, 0.25) is 11.9 Å². The van der Waals surface area contributed by atoms with Gasteiger partial charge in [-0.1, -0.05) is 0 Å². The van der Waals surface area contributed by atoms with Crippen LogP contribution in [0, 0.1) is 24.7 Å². The van der Waals surface area contributed by atoms with Gasteiger partial charge in [0, 0.05) is 56.9 Å². The van der Waals surface area contributed by atoms with Gasteiger partial charge in [0.05, 0.1) is 6.04 Å². The lowest BCUT2D eigenvalue weighted by Crippen LogP contribution is -2.45. The summed E-state index contributed by atoms with van der Waals surface area (Å²) in [6.07, 6.45) is 4.23. The smallest absolute Gasteiger partial charge is 0.227 e. The fourth-order valence-electron chi connectivity index (χ4n) is 4.23. The van der Waals surface area contributed by atoms with Gasteiger partial charge in [0.1, 0.15) is 5.82 Å². The summed E-state index contributed by atoms with van der Waals surface area (Å²) >= 11 is 0. The minimum absolute atomic E-state index is 0.101. The number of nitrogens with one attached hydrogen (secondary N) is 2. The SMILES string of the molecule is CNc1cc(C)nc(N2C[C@@H](NC(=O)C3CCOCC3)[C@H](C3CC3)C2)n1. The summed E-state index contributed by atoms with van der Waals surface area (Å²) < 4.78 is 5.39. The van der Waals surface area contributed by atoms with Gasteiger partial charge in [-0.2, -0.15) is 4.98 Å². The molecule has 0 aromatic carbocycles. The molecule has 0 unspecified atom stereocenters. The molecule has 3 heterocycles. The van der Waals surface area contributed by atoms with Crippen LogP contribution in [0.2, 0.25) is 0 Å². The highest BCUT2D eigenvalue weighted by molar-refractivity contribution is 5.79. The number of carbonyl (C=O) groups excluding carboxylic acids is 1. The van der Waals surface area contributed by atoms with E-state index in [2.05, 4.69) is 25.5 Å². The van der Waals surface area contributed by atoms with E-state index in [1.54, 1.807) is 0 Å². The molecule has 0 spiro atoms. The largest absolute Gasteiger partial charge is 0.381 e. The van der Waals surface area contributed by atoms with Gasteiger partial charge < -0.3 is 20.3 Å². The molecule has 7 heteroatoms. The molecule has 3 fully saturated rings. The van der Waals surface area contributed by atoms with Crippen molar-refractivity contribution < 1.29 is 9.53 Å². The normalized spacial score (nSPS) is 26.8. The van der Waals surface area contributed by atoms with Crippen LogP contribution in [0.25, 0.3) is 0 Å². The molecule has 1 aromatic rings. The van der Waals surface area contributed by atoms with Crippen molar-refractivity contribution in [1.82, 2.24) is 15.3 Å². The molecular weight excluding hydrogens is 330 g/mol. The molecule has 2 atom stereocenters. The number of hydrogen-bond acceptors (Lipinski definition) is 6. The standard InChI is InChI=1S/C19H29N5O2/c1-12-9-17(20-2)23-19(21-12)24-10-15(13-3-4-13)16(11-24)22-18(25)14-5-7-26-8-6-14/h9,13-16H,3-8,10-11H2,1-2H3,(H,22,25)(H,20,21,23)/t15-,16+/m0/s1. The average Bonchev–Trinajstić information content (AvgIpc) is 3.42. The first kappa shape index (κ1) is 17.5. The Bertz CT molecular complexity index is 657. The molecule has 2 N–H and O–H groups in total. The van der Waals surface area contributed by atoms with Crippen LogP contribution in [-0.2, 0) is 9.53 Å². The number of aromatic nitrogens is 2. The van der Waals surface area contributed by atoms with Crippen molar-refractivity contribution in [2.75, 3.05) is 43.6 Å². The first-order chi connectivity index (χ1) is 12.6. The van der Waals surface area contributed by atoms with Crippen molar-refractivity contribution in [3.8, 4) is 0 Å². The van der Waals surface area contributed by atoms with Crippen molar-refractivity contribution in [1.29, 1.82) is 0 Å². The highest BCUT2D eigenvalue weighted by Gasteiger charge is 2.44. The number of aryl methyl sites for hydroxylation is 1. The Morgan fingerprint density at radius 1 is 1.19 bits per heavy atom. The predicted molar refractivity (Wildman–Crippen MR) is 100 cm³/mol. The molecule has 0 bridgehead atoms. The molecule has 142 valence electrons. The quantitative estimate of drug-likeness (QED) is 0.831. The third kappa shape index (κ3) is 3.77. The number of carbonyl (C=O) groups is 1. The van der Waals surface area contributed by atoms with Crippen LogP contribution in [0.1, 0.15) is 31.4 Å². The molecule has 26 heavy (non-hydrogen) atoms. The fourth-order valence-corrected chi connectivity index (χ4v) is 4.23. The third-order valence-electron chi connectivity index (χ3n) is 5.89. The number of anilines is 2. The maximum absolute atomic E-state index is 12.7. The van der Waals surface area contributed by atoms with Crippen molar-refractivity contribution in [2.24, 2.45) is 17.8 Å². The average molecular weight is 359 g/mol. The highest BCUT2D eigenvalue weighted by atomic mass is 16.5. The van der Waals surface area contributed by atoms with E-state index in [0.29, 0.717) is 19.1 Å². The number of ether oxygens (including phenoxy) is 1. The number of nitrogens with zero attached hydrogens (tertiary/aromatic N) is 3. The van der Waals surface area contributed by atoms with Gasteiger partial charge in [-0.25, -0.2) is 4.98 Å². The fraction of sp³-hybridized carbons (Fsp3) is 0.737. The molecule has 1 aromatic heterocycles. The molecule has 4 rings (SSSR count). The predicted octanol–water partition coefficient (Wildman–Crippen LogP) is 1.58. The molecule has 1 saturated carbocycles. The second kappa shape index (κ2) is 7.39. The van der Waals surface area contributed by atoms with Crippen molar-refractivity contribution in [3.63, 3.8) is 0 Å². The zero-order valence-electron chi connectivity index (χ0n) is 15.7. The summed E-state index contributed by atoms with van der Waals surface area (Å²) in [6, 6.07) is 2.14. The molecule has 3 aliphatic rings. The zero-order chi connectivity index (χ0) is 18.1. The molecule has 7 nitrogen and oxygen atoms in total. The second-order valence-corrected chi connectivity index (χ2v) is 7.85. The molecule has 2 aliphatic heterocycles. The minimum Gasteiger partial charge on any atom is -0.381 e. The third-order valence-corrected chi connectivity index (χ3v) is 5.89. The zero-order valence-corrected chi connectivity index (χ0v) is 15.7. The molecule has 1 aliphatic carbocycles. The Hall–Kier alpha value is -1.89. The van der Waals surface area contributed by atoms with Crippen molar-refractivity contribution in [3.05, 3.63) is 11.8 Å². The lowest BCUT2D eigenvalue weighted by atomic mass is 9.95.